The van der Waals surface area contributed by atoms with Crippen molar-refractivity contribution in [2.45, 2.75) is 31.6 Å². The summed E-state index contributed by atoms with van der Waals surface area (Å²) in [5.74, 6) is -0.964. The first-order chi connectivity index (χ1) is 13.3. The molecule has 4 rings (SSSR count). The maximum atomic E-state index is 13.0. The topological polar surface area (TPSA) is 73.3 Å². The molecule has 1 aromatic rings. The molecule has 148 valence electrons. The van der Waals surface area contributed by atoms with Crippen LogP contribution in [0.4, 0.5) is 0 Å². The number of amides is 3. The molecule has 3 heterocycles. The molecule has 1 fully saturated rings. The number of nitrogens with zero attached hydrogens (tertiary/aromatic N) is 4. The van der Waals surface area contributed by atoms with Crippen molar-refractivity contribution in [3.63, 3.8) is 0 Å². The highest BCUT2D eigenvalue weighted by molar-refractivity contribution is 8.15. The number of carbonyl (C=O) groups is 3. The highest BCUT2D eigenvalue weighted by atomic mass is 32.2. The van der Waals surface area contributed by atoms with E-state index in [9.17, 15) is 14.4 Å². The van der Waals surface area contributed by atoms with Gasteiger partial charge in [-0.2, -0.15) is 0 Å². The Morgan fingerprint density at radius 1 is 1.07 bits per heavy atom. The molecule has 1 unspecified atom stereocenters. The first-order valence-electron chi connectivity index (χ1n) is 9.52. The molecule has 3 aliphatic heterocycles. The van der Waals surface area contributed by atoms with Gasteiger partial charge in [-0.1, -0.05) is 23.9 Å². The summed E-state index contributed by atoms with van der Waals surface area (Å²) in [4.78, 5) is 47.9. The monoisotopic (exact) mass is 400 g/mol. The van der Waals surface area contributed by atoms with Crippen molar-refractivity contribution >= 4 is 34.7 Å². The predicted octanol–water partition coefficient (Wildman–Crippen LogP) is 1.70. The van der Waals surface area contributed by atoms with Crippen molar-refractivity contribution in [1.29, 1.82) is 0 Å². The minimum absolute atomic E-state index is 0.127. The number of fused-ring (bicyclic) bond motifs is 1. The lowest BCUT2D eigenvalue weighted by molar-refractivity contribution is -0.136. The van der Waals surface area contributed by atoms with Crippen molar-refractivity contribution in [3.05, 3.63) is 35.4 Å². The maximum Gasteiger partial charge on any atom is 0.262 e. The van der Waals surface area contributed by atoms with E-state index < -0.39 is 6.04 Å². The van der Waals surface area contributed by atoms with Gasteiger partial charge in [0.2, 0.25) is 5.91 Å². The molecule has 1 atom stereocenters. The van der Waals surface area contributed by atoms with Crippen LogP contribution in [0.2, 0.25) is 0 Å². The Balaban J connectivity index is 1.40. The molecule has 3 aliphatic rings. The molecule has 1 saturated heterocycles. The number of thioether (sulfide) groups is 1. The summed E-state index contributed by atoms with van der Waals surface area (Å²) in [6.45, 7) is 9.35. The summed E-state index contributed by atoms with van der Waals surface area (Å²) < 4.78 is 0.127. The first-order valence-corrected chi connectivity index (χ1v) is 10.3. The van der Waals surface area contributed by atoms with E-state index in [1.54, 1.807) is 47.9 Å². The average molecular weight is 401 g/mol. The summed E-state index contributed by atoms with van der Waals surface area (Å²) in [5.41, 5.74) is 0.742. The fourth-order valence-electron chi connectivity index (χ4n) is 3.79. The van der Waals surface area contributed by atoms with E-state index in [2.05, 4.69) is 23.7 Å². The zero-order valence-corrected chi connectivity index (χ0v) is 17.2. The van der Waals surface area contributed by atoms with E-state index in [1.165, 1.54) is 0 Å². The van der Waals surface area contributed by atoms with Crippen LogP contribution in [0, 0.1) is 0 Å². The van der Waals surface area contributed by atoms with Crippen LogP contribution in [0.25, 0.3) is 0 Å². The van der Waals surface area contributed by atoms with E-state index in [0.717, 1.165) is 16.6 Å². The van der Waals surface area contributed by atoms with Crippen LogP contribution in [0.15, 0.2) is 29.3 Å². The predicted molar refractivity (Wildman–Crippen MR) is 109 cm³/mol. The summed E-state index contributed by atoms with van der Waals surface area (Å²) >= 11 is 1.78. The number of amidine groups is 1. The van der Waals surface area contributed by atoms with Gasteiger partial charge in [0.05, 0.1) is 17.7 Å². The molecule has 0 radical (unpaired) electrons. The summed E-state index contributed by atoms with van der Waals surface area (Å²) in [7, 11) is 0. The number of aliphatic imine (C=N–C) groups is 1. The quantitative estimate of drug-likeness (QED) is 0.707. The van der Waals surface area contributed by atoms with Gasteiger partial charge in [-0.25, -0.2) is 0 Å². The Labute approximate surface area is 168 Å². The van der Waals surface area contributed by atoms with Gasteiger partial charge >= 0.3 is 0 Å². The summed E-state index contributed by atoms with van der Waals surface area (Å²) in [5, 5.41) is 1.05. The van der Waals surface area contributed by atoms with Crippen molar-refractivity contribution in [1.82, 2.24) is 14.7 Å². The third-order valence-electron chi connectivity index (χ3n) is 5.39. The van der Waals surface area contributed by atoms with Gasteiger partial charge in [0.25, 0.3) is 11.8 Å². The van der Waals surface area contributed by atoms with E-state index in [4.69, 9.17) is 0 Å². The van der Waals surface area contributed by atoms with Crippen LogP contribution in [-0.4, -0.2) is 81.1 Å². The summed E-state index contributed by atoms with van der Waals surface area (Å²) in [6, 6.07) is 5.91. The van der Waals surface area contributed by atoms with Gasteiger partial charge in [0.15, 0.2) is 5.17 Å². The highest BCUT2D eigenvalue weighted by Gasteiger charge is 2.42. The standard InChI is InChI=1S/C20H24N4O3S/c1-13(24-17(26)14-6-4-5-7-15(14)18(24)27)16(25)22-8-10-23(11-9-22)19-21-12-20(2,3)28-19/h4-7,13H,8-12H2,1-3H3. The molecule has 7 nitrogen and oxygen atoms in total. The second-order valence-corrected chi connectivity index (χ2v) is 9.65. The number of imide groups is 1. The smallest absolute Gasteiger partial charge is 0.262 e. The second-order valence-electron chi connectivity index (χ2n) is 7.97. The van der Waals surface area contributed by atoms with Gasteiger partial charge in [-0.15, -0.1) is 0 Å². The third-order valence-corrected chi connectivity index (χ3v) is 6.65. The molecule has 28 heavy (non-hydrogen) atoms. The minimum Gasteiger partial charge on any atom is -0.348 e. The first kappa shape index (κ1) is 19.0. The number of hydrogen-bond acceptors (Lipinski definition) is 6. The number of piperazine rings is 1. The molecule has 8 heteroatoms. The summed E-state index contributed by atoms with van der Waals surface area (Å²) in [6.07, 6.45) is 0. The van der Waals surface area contributed by atoms with Gasteiger partial charge in [-0.05, 0) is 32.9 Å². The molecule has 0 aliphatic carbocycles. The van der Waals surface area contributed by atoms with Crippen LogP contribution in [0.5, 0.6) is 0 Å². The lowest BCUT2D eigenvalue weighted by Gasteiger charge is -2.38. The van der Waals surface area contributed by atoms with Crippen LogP contribution < -0.4 is 0 Å². The molecule has 3 amide bonds. The number of hydrogen-bond donors (Lipinski definition) is 0. The molecular weight excluding hydrogens is 376 g/mol. The van der Waals surface area contributed by atoms with Gasteiger partial charge < -0.3 is 9.80 Å². The van der Waals surface area contributed by atoms with E-state index in [-0.39, 0.29) is 22.5 Å². The lowest BCUT2D eigenvalue weighted by Crippen LogP contribution is -2.55. The van der Waals surface area contributed by atoms with Crippen molar-refractivity contribution in [2.75, 3.05) is 32.7 Å². The van der Waals surface area contributed by atoms with Crippen molar-refractivity contribution < 1.29 is 14.4 Å². The normalized spacial score (nSPS) is 22.4. The Bertz CT molecular complexity index is 839. The lowest BCUT2D eigenvalue weighted by atomic mass is 10.1. The SMILES string of the molecule is CC(C(=O)N1CCN(C2=NCC(C)(C)S2)CC1)N1C(=O)c2ccccc2C1=O. The molecule has 0 saturated carbocycles. The third kappa shape index (κ3) is 3.19. The van der Waals surface area contributed by atoms with Crippen molar-refractivity contribution in [2.24, 2.45) is 4.99 Å². The molecular formula is C20H24N4O3S. The average Bonchev–Trinajstić information content (AvgIpc) is 3.18. The number of rotatable bonds is 2. The van der Waals surface area contributed by atoms with Gasteiger partial charge in [-0.3, -0.25) is 24.3 Å². The van der Waals surface area contributed by atoms with Gasteiger partial charge in [0, 0.05) is 30.9 Å². The van der Waals surface area contributed by atoms with E-state index in [1.807, 2.05) is 0 Å². The van der Waals surface area contributed by atoms with E-state index >= 15 is 0 Å². The highest BCUT2D eigenvalue weighted by Crippen LogP contribution is 2.33. The zero-order valence-electron chi connectivity index (χ0n) is 16.3. The Hall–Kier alpha value is -2.35. The molecule has 1 aromatic carbocycles. The van der Waals surface area contributed by atoms with Crippen LogP contribution in [-0.2, 0) is 4.79 Å². The van der Waals surface area contributed by atoms with Crippen LogP contribution in [0.1, 0.15) is 41.5 Å². The zero-order chi connectivity index (χ0) is 20.1. The van der Waals surface area contributed by atoms with Crippen LogP contribution >= 0.6 is 11.8 Å². The molecule has 0 bridgehead atoms. The molecule has 0 aromatic heterocycles. The molecule has 0 N–H and O–H groups in total. The Kier molecular flexibility index (Phi) is 4.69. The number of carbonyl (C=O) groups excluding carboxylic acids is 3. The van der Waals surface area contributed by atoms with Crippen molar-refractivity contribution in [3.8, 4) is 0 Å². The fraction of sp³-hybridized carbons (Fsp3) is 0.500. The van der Waals surface area contributed by atoms with E-state index in [0.29, 0.717) is 37.3 Å². The fourth-order valence-corrected chi connectivity index (χ4v) is 4.85. The minimum atomic E-state index is -0.809. The Morgan fingerprint density at radius 2 is 1.64 bits per heavy atom. The van der Waals surface area contributed by atoms with Crippen LogP contribution in [0.3, 0.4) is 0 Å². The Morgan fingerprint density at radius 3 is 2.14 bits per heavy atom. The second kappa shape index (κ2) is 6.92. The largest absolute Gasteiger partial charge is 0.348 e. The maximum absolute atomic E-state index is 13.0. The van der Waals surface area contributed by atoms with Gasteiger partial charge in [0.1, 0.15) is 6.04 Å². The number of benzene rings is 1. The molecule has 0 spiro atoms.